The van der Waals surface area contributed by atoms with Crippen molar-refractivity contribution >= 4 is 29.1 Å². The van der Waals surface area contributed by atoms with Gasteiger partial charge in [-0.05, 0) is 27.7 Å². The van der Waals surface area contributed by atoms with Crippen molar-refractivity contribution in [2.45, 2.75) is 45.7 Å². The molecule has 0 unspecified atom stereocenters. The van der Waals surface area contributed by atoms with Crippen molar-refractivity contribution < 1.29 is 28.8 Å². The van der Waals surface area contributed by atoms with Crippen LogP contribution >= 0.6 is 0 Å². The highest BCUT2D eigenvalue weighted by Crippen LogP contribution is 2.26. The number of Topliss-reactive ketones (excluding diaryl/α,β-unsaturated/α-hetero) is 4. The van der Waals surface area contributed by atoms with Gasteiger partial charge in [0.25, 0.3) is 0 Å². The predicted octanol–water partition coefficient (Wildman–Crippen LogP) is -1.15. The summed E-state index contributed by atoms with van der Waals surface area (Å²) in [5, 5.41) is 0. The average Bonchev–Trinajstić information content (AvgIpc) is 2.27. The smallest absolute Gasteiger partial charge is 0.321 e. The zero-order valence-electron chi connectivity index (χ0n) is 12.0. The summed E-state index contributed by atoms with van der Waals surface area (Å²) in [4.78, 5) is 62.7. The highest BCUT2D eigenvalue weighted by atomic mass is 16.7. The molecule has 0 rings (SSSR count). The van der Waals surface area contributed by atoms with Gasteiger partial charge in [-0.25, -0.2) is 0 Å². The number of rotatable bonds is 7. The van der Waals surface area contributed by atoms with Crippen LogP contribution in [-0.2, 0) is 28.8 Å². The van der Waals surface area contributed by atoms with E-state index in [2.05, 4.69) is 4.84 Å². The lowest BCUT2D eigenvalue weighted by atomic mass is 9.68. The van der Waals surface area contributed by atoms with E-state index >= 15 is 0 Å². The lowest BCUT2D eigenvalue weighted by molar-refractivity contribution is -0.168. The van der Waals surface area contributed by atoms with Gasteiger partial charge in [0.05, 0.1) is 0 Å². The topological polar surface area (TPSA) is 133 Å². The molecule has 0 heterocycles. The van der Waals surface area contributed by atoms with Gasteiger partial charge in [-0.1, -0.05) is 0 Å². The Labute approximate surface area is 116 Å². The highest BCUT2D eigenvalue weighted by molar-refractivity contribution is 6.25. The fourth-order valence-corrected chi connectivity index (χ4v) is 1.95. The lowest BCUT2D eigenvalue weighted by Gasteiger charge is -2.40. The standard InChI is InChI=1S/C12H18N2O6/c1-6(15)11(13,7(2)16)12(8(3)17,9(4)18)14-20-10(5)19/h14H,13H2,1-5H3. The molecule has 0 fully saturated rings. The van der Waals surface area contributed by atoms with Crippen LogP contribution in [0.15, 0.2) is 0 Å². The summed E-state index contributed by atoms with van der Waals surface area (Å²) in [5.41, 5.74) is 2.74. The van der Waals surface area contributed by atoms with Gasteiger partial charge in [-0.15, -0.1) is 5.48 Å². The van der Waals surface area contributed by atoms with Crippen LogP contribution in [0.3, 0.4) is 0 Å². The minimum atomic E-state index is -2.47. The normalized spacial score (nSPS) is 11.7. The number of hydrogen-bond acceptors (Lipinski definition) is 8. The van der Waals surface area contributed by atoms with E-state index in [1.54, 1.807) is 0 Å². The Kier molecular flexibility index (Phi) is 5.44. The van der Waals surface area contributed by atoms with Crippen LogP contribution in [0.5, 0.6) is 0 Å². The van der Waals surface area contributed by atoms with Gasteiger partial charge in [-0.2, -0.15) is 0 Å². The molecule has 0 aromatic rings. The van der Waals surface area contributed by atoms with E-state index in [-0.39, 0.29) is 0 Å². The van der Waals surface area contributed by atoms with Gasteiger partial charge >= 0.3 is 5.97 Å². The molecule has 0 spiro atoms. The summed E-state index contributed by atoms with van der Waals surface area (Å²) in [6, 6.07) is 0. The zero-order valence-corrected chi connectivity index (χ0v) is 12.0. The predicted molar refractivity (Wildman–Crippen MR) is 67.3 cm³/mol. The van der Waals surface area contributed by atoms with Crippen LogP contribution in [0.25, 0.3) is 0 Å². The Balaban J connectivity index is 6.28. The van der Waals surface area contributed by atoms with Crippen LogP contribution < -0.4 is 11.2 Å². The first-order valence-corrected chi connectivity index (χ1v) is 5.72. The number of hydroxylamine groups is 1. The second kappa shape index (κ2) is 6.02. The minimum absolute atomic E-state index is 0.869. The molecule has 0 radical (unpaired) electrons. The average molecular weight is 286 g/mol. The molecule has 0 aromatic carbocycles. The van der Waals surface area contributed by atoms with Gasteiger partial charge in [-0.3, -0.25) is 24.0 Å². The van der Waals surface area contributed by atoms with E-state index < -0.39 is 40.2 Å². The van der Waals surface area contributed by atoms with Gasteiger partial charge in [0.1, 0.15) is 0 Å². The molecule has 0 saturated carbocycles. The number of nitrogens with one attached hydrogen (secondary N) is 1. The van der Waals surface area contributed by atoms with E-state index in [9.17, 15) is 24.0 Å². The van der Waals surface area contributed by atoms with Gasteiger partial charge in [0.15, 0.2) is 28.7 Å². The molecule has 112 valence electrons. The molecule has 0 atom stereocenters. The van der Waals surface area contributed by atoms with E-state index in [1.807, 2.05) is 5.48 Å². The Morgan fingerprint density at radius 3 is 1.35 bits per heavy atom. The highest BCUT2D eigenvalue weighted by Gasteiger charge is 2.63. The van der Waals surface area contributed by atoms with Crippen molar-refractivity contribution in [2.24, 2.45) is 5.73 Å². The van der Waals surface area contributed by atoms with E-state index in [1.165, 1.54) is 0 Å². The van der Waals surface area contributed by atoms with Gasteiger partial charge < -0.3 is 10.6 Å². The second-order valence-corrected chi connectivity index (χ2v) is 4.48. The number of hydrogen-bond donors (Lipinski definition) is 2. The molecule has 8 heteroatoms. The van der Waals surface area contributed by atoms with Crippen LogP contribution in [0, 0.1) is 0 Å². The largest absolute Gasteiger partial charge is 0.370 e. The van der Waals surface area contributed by atoms with Crippen LogP contribution in [0.4, 0.5) is 0 Å². The maximum Gasteiger partial charge on any atom is 0.321 e. The maximum absolute atomic E-state index is 11.9. The van der Waals surface area contributed by atoms with Crippen molar-refractivity contribution in [3.63, 3.8) is 0 Å². The maximum atomic E-state index is 11.9. The number of carbonyl (C=O) groups excluding carboxylic acids is 5. The third-order valence-corrected chi connectivity index (χ3v) is 3.11. The molecule has 0 aromatic heterocycles. The van der Waals surface area contributed by atoms with Gasteiger partial charge in [0.2, 0.25) is 5.54 Å². The van der Waals surface area contributed by atoms with Crippen LogP contribution in [0.1, 0.15) is 34.6 Å². The second-order valence-electron chi connectivity index (χ2n) is 4.48. The number of carbonyl (C=O) groups is 5. The van der Waals surface area contributed by atoms with Crippen LogP contribution in [0.2, 0.25) is 0 Å². The van der Waals surface area contributed by atoms with Crippen molar-refractivity contribution in [2.75, 3.05) is 0 Å². The number of nitrogens with two attached hydrogens (primary N) is 1. The van der Waals surface area contributed by atoms with E-state index in [0.29, 0.717) is 0 Å². The molecular formula is C12H18N2O6. The quantitative estimate of drug-likeness (QED) is 0.442. The Morgan fingerprint density at radius 2 is 1.15 bits per heavy atom. The molecule has 0 aliphatic rings. The molecule has 0 amide bonds. The summed E-state index contributed by atoms with van der Waals surface area (Å²) >= 11 is 0. The third kappa shape index (κ3) is 2.66. The van der Waals surface area contributed by atoms with E-state index in [0.717, 1.165) is 34.6 Å². The third-order valence-electron chi connectivity index (χ3n) is 3.11. The summed E-state index contributed by atoms with van der Waals surface area (Å²) in [7, 11) is 0. The number of ketones is 4. The fraction of sp³-hybridized carbons (Fsp3) is 0.583. The molecule has 8 nitrogen and oxygen atoms in total. The van der Waals surface area contributed by atoms with Crippen molar-refractivity contribution in [3.05, 3.63) is 0 Å². The summed E-state index contributed by atoms with van der Waals surface area (Å²) in [6.07, 6.45) is 0. The van der Waals surface area contributed by atoms with E-state index in [4.69, 9.17) is 5.73 Å². The monoisotopic (exact) mass is 286 g/mol. The Morgan fingerprint density at radius 1 is 0.800 bits per heavy atom. The Bertz CT molecular complexity index is 454. The zero-order chi connectivity index (χ0) is 16.3. The van der Waals surface area contributed by atoms with Gasteiger partial charge in [0, 0.05) is 6.92 Å². The molecule has 0 saturated heterocycles. The first-order valence-electron chi connectivity index (χ1n) is 5.72. The molecule has 20 heavy (non-hydrogen) atoms. The van der Waals surface area contributed by atoms with Crippen molar-refractivity contribution in [1.29, 1.82) is 0 Å². The summed E-state index contributed by atoms with van der Waals surface area (Å²) < 4.78 is 0. The molecule has 0 aliphatic carbocycles. The first-order chi connectivity index (χ1) is 8.94. The molecule has 0 bridgehead atoms. The first kappa shape index (κ1) is 18.1. The fourth-order valence-electron chi connectivity index (χ4n) is 1.95. The van der Waals surface area contributed by atoms with Crippen LogP contribution in [-0.4, -0.2) is 40.2 Å². The lowest BCUT2D eigenvalue weighted by Crippen LogP contribution is -2.80. The summed E-state index contributed by atoms with van der Waals surface area (Å²) in [5.74, 6) is -4.52. The molecule has 3 N–H and O–H groups in total. The Hall–Kier alpha value is -1.93. The molecular weight excluding hydrogens is 268 g/mol. The van der Waals surface area contributed by atoms with Crippen molar-refractivity contribution in [1.82, 2.24) is 5.48 Å². The minimum Gasteiger partial charge on any atom is -0.370 e. The summed E-state index contributed by atoms with van der Waals surface area (Å²) in [6.45, 7) is 4.88. The molecule has 0 aliphatic heterocycles. The SMILES string of the molecule is CC(=O)ONC(C(C)=O)(C(C)=O)C(N)(C(C)=O)C(C)=O. The van der Waals surface area contributed by atoms with Crippen molar-refractivity contribution in [3.8, 4) is 0 Å².